The quantitative estimate of drug-likeness (QED) is 0.708. The minimum Gasteiger partial charge on any atom is -0.466 e. The van der Waals surface area contributed by atoms with Crippen LogP contribution >= 0.6 is 0 Å². The van der Waals surface area contributed by atoms with Crippen molar-refractivity contribution >= 4 is 12.0 Å². The maximum atomic E-state index is 13.6. The number of benzene rings is 1. The molecule has 1 unspecified atom stereocenters. The van der Waals surface area contributed by atoms with Gasteiger partial charge in [-0.05, 0) is 49.1 Å². The molecule has 2 saturated heterocycles. The Kier molecular flexibility index (Phi) is 5.12. The van der Waals surface area contributed by atoms with Crippen LogP contribution in [0.3, 0.4) is 0 Å². The lowest BCUT2D eigenvalue weighted by Crippen LogP contribution is -2.66. The first-order valence-electron chi connectivity index (χ1n) is 11.1. The van der Waals surface area contributed by atoms with Crippen LogP contribution in [0, 0.1) is 11.3 Å². The van der Waals surface area contributed by atoms with Gasteiger partial charge >= 0.3 is 12.0 Å². The predicted octanol–water partition coefficient (Wildman–Crippen LogP) is 4.00. The molecule has 2 fully saturated rings. The molecule has 29 heavy (non-hydrogen) atoms. The van der Waals surface area contributed by atoms with Gasteiger partial charge in [-0.3, -0.25) is 4.79 Å². The Morgan fingerprint density at radius 3 is 2.69 bits per heavy atom. The third-order valence-electron chi connectivity index (χ3n) is 8.07. The molecular weight excluding hydrogens is 364 g/mol. The molecule has 158 valence electrons. The number of fused-ring (bicyclic) bond motifs is 4. The average Bonchev–Trinajstić information content (AvgIpc) is 2.70. The van der Waals surface area contributed by atoms with Gasteiger partial charge < -0.3 is 14.5 Å². The Morgan fingerprint density at radius 2 is 1.93 bits per heavy atom. The highest BCUT2D eigenvalue weighted by Gasteiger charge is 2.57. The standard InChI is InChI=1S/C24H34N2O3/c1-5-29-21(27)18-10-8-13-25(16-18)22(28)26-14-12-24(4)19-11-7-6-9-17(19)15-20(26)23(24,2)3/h6-7,9,11,18,20H,5,8,10,12-16H2,1-4H3/t18?,20-,24+/m1/s1. The van der Waals surface area contributed by atoms with Gasteiger partial charge in [0, 0.05) is 31.1 Å². The Bertz CT molecular complexity index is 805. The zero-order chi connectivity index (χ0) is 20.8. The summed E-state index contributed by atoms with van der Waals surface area (Å²) < 4.78 is 5.22. The molecular formula is C24H34N2O3. The largest absolute Gasteiger partial charge is 0.466 e. The molecule has 0 spiro atoms. The summed E-state index contributed by atoms with van der Waals surface area (Å²) in [7, 11) is 0. The van der Waals surface area contributed by atoms with Crippen LogP contribution in [-0.4, -0.2) is 54.1 Å². The van der Waals surface area contributed by atoms with E-state index >= 15 is 0 Å². The van der Waals surface area contributed by atoms with Gasteiger partial charge in [-0.15, -0.1) is 0 Å². The SMILES string of the molecule is CCOC(=O)C1CCCN(C(=O)N2CC[C@@]3(C)c4ccccc4C[C@@H]2C3(C)C)C1. The molecule has 2 heterocycles. The third kappa shape index (κ3) is 3.13. The van der Waals surface area contributed by atoms with Gasteiger partial charge in [0.2, 0.25) is 0 Å². The van der Waals surface area contributed by atoms with Crippen LogP contribution in [0.25, 0.3) is 0 Å². The summed E-state index contributed by atoms with van der Waals surface area (Å²) >= 11 is 0. The zero-order valence-corrected chi connectivity index (χ0v) is 18.2. The van der Waals surface area contributed by atoms with Crippen LogP contribution in [0.1, 0.15) is 58.1 Å². The van der Waals surface area contributed by atoms with Crippen LogP contribution in [0.4, 0.5) is 4.79 Å². The van der Waals surface area contributed by atoms with E-state index in [1.54, 1.807) is 0 Å². The molecule has 2 bridgehead atoms. The van der Waals surface area contributed by atoms with E-state index in [-0.39, 0.29) is 34.8 Å². The van der Waals surface area contributed by atoms with Gasteiger partial charge in [-0.2, -0.15) is 0 Å². The van der Waals surface area contributed by atoms with Crippen molar-refractivity contribution in [2.75, 3.05) is 26.2 Å². The van der Waals surface area contributed by atoms with Gasteiger partial charge in [-0.1, -0.05) is 45.0 Å². The molecule has 0 aromatic heterocycles. The second kappa shape index (κ2) is 7.33. The number of esters is 1. The molecule has 3 aliphatic rings. The van der Waals surface area contributed by atoms with E-state index in [1.165, 1.54) is 11.1 Å². The second-order valence-corrected chi connectivity index (χ2v) is 9.69. The maximum absolute atomic E-state index is 13.6. The summed E-state index contributed by atoms with van der Waals surface area (Å²) in [6.45, 7) is 11.2. The number of amides is 2. The van der Waals surface area contributed by atoms with E-state index in [4.69, 9.17) is 4.74 Å². The lowest BCUT2D eigenvalue weighted by atomic mass is 9.51. The van der Waals surface area contributed by atoms with Gasteiger partial charge in [0.1, 0.15) is 0 Å². The van der Waals surface area contributed by atoms with Gasteiger partial charge in [0.15, 0.2) is 0 Å². The van der Waals surface area contributed by atoms with Gasteiger partial charge in [-0.25, -0.2) is 4.79 Å². The van der Waals surface area contributed by atoms with Gasteiger partial charge in [0.25, 0.3) is 0 Å². The zero-order valence-electron chi connectivity index (χ0n) is 18.2. The molecule has 2 aliphatic heterocycles. The van der Waals surface area contributed by atoms with Crippen LogP contribution < -0.4 is 0 Å². The maximum Gasteiger partial charge on any atom is 0.320 e. The lowest BCUT2D eigenvalue weighted by Gasteiger charge is -2.61. The molecule has 0 N–H and O–H groups in total. The first-order valence-corrected chi connectivity index (χ1v) is 11.1. The van der Waals surface area contributed by atoms with E-state index in [0.717, 1.165) is 38.8 Å². The normalized spacial score (nSPS) is 30.5. The van der Waals surface area contributed by atoms with E-state index in [9.17, 15) is 9.59 Å². The number of carbonyl (C=O) groups is 2. The minimum absolute atomic E-state index is 0.00834. The topological polar surface area (TPSA) is 49.9 Å². The Morgan fingerprint density at radius 1 is 1.17 bits per heavy atom. The highest BCUT2D eigenvalue weighted by atomic mass is 16.5. The first kappa shape index (κ1) is 20.2. The average molecular weight is 399 g/mol. The number of nitrogens with zero attached hydrogens (tertiary/aromatic N) is 2. The Labute approximate surface area is 174 Å². The van der Waals surface area contributed by atoms with Crippen molar-refractivity contribution in [2.45, 2.75) is 64.8 Å². The summed E-state index contributed by atoms with van der Waals surface area (Å²) in [5.74, 6) is -0.356. The van der Waals surface area contributed by atoms with Crippen molar-refractivity contribution < 1.29 is 14.3 Å². The molecule has 4 rings (SSSR count). The highest BCUT2D eigenvalue weighted by molar-refractivity contribution is 5.78. The van der Waals surface area contributed by atoms with E-state index in [2.05, 4.69) is 49.9 Å². The number of hydrogen-bond acceptors (Lipinski definition) is 3. The molecule has 1 aromatic rings. The Balaban J connectivity index is 1.58. The third-order valence-corrected chi connectivity index (χ3v) is 8.07. The molecule has 0 saturated carbocycles. The molecule has 5 nitrogen and oxygen atoms in total. The summed E-state index contributed by atoms with van der Waals surface area (Å²) in [4.78, 5) is 29.8. The fourth-order valence-corrected chi connectivity index (χ4v) is 5.89. The summed E-state index contributed by atoms with van der Waals surface area (Å²) in [5.41, 5.74) is 2.89. The van der Waals surface area contributed by atoms with E-state index in [1.807, 2.05) is 11.8 Å². The molecule has 2 amide bonds. The predicted molar refractivity (Wildman–Crippen MR) is 113 cm³/mol. The van der Waals surface area contributed by atoms with Crippen LogP contribution in [-0.2, 0) is 21.4 Å². The molecule has 1 aromatic carbocycles. The lowest BCUT2D eigenvalue weighted by molar-refractivity contribution is -0.149. The van der Waals surface area contributed by atoms with Crippen molar-refractivity contribution in [3.63, 3.8) is 0 Å². The fraction of sp³-hybridized carbons (Fsp3) is 0.667. The number of ether oxygens (including phenoxy) is 1. The first-order chi connectivity index (χ1) is 13.8. The van der Waals surface area contributed by atoms with E-state index in [0.29, 0.717) is 13.2 Å². The fourth-order valence-electron chi connectivity index (χ4n) is 5.89. The molecule has 3 atom stereocenters. The number of hydrogen-bond donors (Lipinski definition) is 0. The summed E-state index contributed by atoms with van der Waals surface area (Å²) in [5, 5.41) is 0. The van der Waals surface area contributed by atoms with Gasteiger partial charge in [0.05, 0.1) is 12.5 Å². The van der Waals surface area contributed by atoms with Crippen molar-refractivity contribution in [3.8, 4) is 0 Å². The van der Waals surface area contributed by atoms with Crippen LogP contribution in [0.5, 0.6) is 0 Å². The number of urea groups is 1. The summed E-state index contributed by atoms with van der Waals surface area (Å²) in [6.07, 6.45) is 3.54. The van der Waals surface area contributed by atoms with Crippen LogP contribution in [0.15, 0.2) is 24.3 Å². The minimum atomic E-state index is -0.192. The second-order valence-electron chi connectivity index (χ2n) is 9.69. The van der Waals surface area contributed by atoms with Crippen molar-refractivity contribution in [2.24, 2.45) is 11.3 Å². The molecule has 0 radical (unpaired) electrons. The number of likely N-dealkylation sites (tertiary alicyclic amines) is 2. The van der Waals surface area contributed by atoms with Crippen molar-refractivity contribution in [1.29, 1.82) is 0 Å². The highest BCUT2D eigenvalue weighted by Crippen LogP contribution is 2.56. The Hall–Kier alpha value is -2.04. The number of carbonyl (C=O) groups excluding carboxylic acids is 2. The van der Waals surface area contributed by atoms with E-state index < -0.39 is 0 Å². The van der Waals surface area contributed by atoms with Crippen LogP contribution in [0.2, 0.25) is 0 Å². The van der Waals surface area contributed by atoms with Crippen molar-refractivity contribution in [3.05, 3.63) is 35.4 Å². The summed E-state index contributed by atoms with van der Waals surface area (Å²) in [6, 6.07) is 9.02. The number of piperidine rings is 2. The molecule has 5 heteroatoms. The smallest absolute Gasteiger partial charge is 0.320 e. The number of rotatable bonds is 2. The monoisotopic (exact) mass is 398 g/mol. The van der Waals surface area contributed by atoms with Crippen molar-refractivity contribution in [1.82, 2.24) is 9.80 Å². The molecule has 1 aliphatic carbocycles.